The Morgan fingerprint density at radius 2 is 2.17 bits per heavy atom. The zero-order valence-electron chi connectivity index (χ0n) is 17.1. The highest BCUT2D eigenvalue weighted by Gasteiger charge is 2.26. The first-order valence-corrected chi connectivity index (χ1v) is 10.3. The van der Waals surface area contributed by atoms with Gasteiger partial charge in [-0.05, 0) is 24.5 Å². The number of aliphatic hydroxyl groups excluding tert-OH is 1. The van der Waals surface area contributed by atoms with Gasteiger partial charge in [-0.1, -0.05) is 12.8 Å². The number of aliphatic hydroxyl groups is 1. The number of hydrogen-bond donors (Lipinski definition) is 2. The zero-order chi connectivity index (χ0) is 20.4. The van der Waals surface area contributed by atoms with Gasteiger partial charge in [-0.25, -0.2) is 4.98 Å². The average Bonchev–Trinajstić information content (AvgIpc) is 3.09. The predicted octanol–water partition coefficient (Wildman–Crippen LogP) is 1.20. The Balaban J connectivity index is 1.55. The van der Waals surface area contributed by atoms with Crippen molar-refractivity contribution in [2.75, 3.05) is 25.1 Å². The second-order valence-electron chi connectivity index (χ2n) is 8.10. The molecule has 0 bridgehead atoms. The molecule has 156 valence electrons. The summed E-state index contributed by atoms with van der Waals surface area (Å²) in [5.74, 6) is 1.46. The van der Waals surface area contributed by atoms with Crippen LogP contribution in [0.25, 0.3) is 0 Å². The summed E-state index contributed by atoms with van der Waals surface area (Å²) >= 11 is 0. The van der Waals surface area contributed by atoms with Gasteiger partial charge in [0, 0.05) is 32.3 Å². The fourth-order valence-corrected chi connectivity index (χ4v) is 4.14. The van der Waals surface area contributed by atoms with Crippen LogP contribution in [0.4, 0.5) is 5.82 Å². The number of carbonyl (C=O) groups excluding carboxylic acids is 1. The molecular weight excluding hydrogens is 370 g/mol. The number of carbonyl (C=O) groups is 1. The third kappa shape index (κ3) is 4.53. The fourth-order valence-electron chi connectivity index (χ4n) is 4.14. The van der Waals surface area contributed by atoms with E-state index in [2.05, 4.69) is 15.3 Å². The molecule has 0 saturated heterocycles. The standard InChI is InChI=1S/C21H29N5O3/c1-25-7-8-29-20-15(9-14-12-22-26(2)13-14)10-16(23-21(20)25)11-19(28)24-17-5-3-4-6-18(17)27/h10,12-13,17-18,27H,3-9,11H2,1-2H3,(H,24,28)/t17-,18-/m0/s1. The van der Waals surface area contributed by atoms with Crippen LogP contribution in [0.2, 0.25) is 0 Å². The highest BCUT2D eigenvalue weighted by Crippen LogP contribution is 2.34. The van der Waals surface area contributed by atoms with Crippen LogP contribution in [0.3, 0.4) is 0 Å². The quantitative estimate of drug-likeness (QED) is 0.785. The van der Waals surface area contributed by atoms with Gasteiger partial charge in [-0.2, -0.15) is 5.10 Å². The minimum Gasteiger partial charge on any atom is -0.488 e. The number of pyridine rings is 1. The van der Waals surface area contributed by atoms with Crippen molar-refractivity contribution in [1.82, 2.24) is 20.1 Å². The number of nitrogens with zero attached hydrogens (tertiary/aromatic N) is 4. The number of aryl methyl sites for hydroxylation is 1. The summed E-state index contributed by atoms with van der Waals surface area (Å²) in [5.41, 5.74) is 2.80. The van der Waals surface area contributed by atoms with Crippen LogP contribution in [0.5, 0.6) is 5.75 Å². The van der Waals surface area contributed by atoms with Gasteiger partial charge in [0.15, 0.2) is 11.6 Å². The Morgan fingerprint density at radius 1 is 1.34 bits per heavy atom. The number of rotatable bonds is 5. The topological polar surface area (TPSA) is 92.5 Å². The second kappa shape index (κ2) is 8.41. The number of fused-ring (bicyclic) bond motifs is 1. The molecule has 2 atom stereocenters. The number of likely N-dealkylation sites (N-methyl/N-ethyl adjacent to an activating group) is 1. The Hall–Kier alpha value is -2.61. The van der Waals surface area contributed by atoms with Gasteiger partial charge < -0.3 is 20.1 Å². The summed E-state index contributed by atoms with van der Waals surface area (Å²) in [6.07, 6.45) is 7.86. The van der Waals surface area contributed by atoms with Crippen LogP contribution in [0.1, 0.15) is 42.5 Å². The number of nitrogens with one attached hydrogen (secondary N) is 1. The summed E-state index contributed by atoms with van der Waals surface area (Å²) in [6, 6.07) is 1.80. The van der Waals surface area contributed by atoms with Gasteiger partial charge in [-0.3, -0.25) is 9.48 Å². The van der Waals surface area contributed by atoms with Crippen LogP contribution in [-0.4, -0.2) is 58.1 Å². The minimum absolute atomic E-state index is 0.102. The lowest BCUT2D eigenvalue weighted by Crippen LogP contribution is -2.45. The smallest absolute Gasteiger partial charge is 0.226 e. The molecule has 1 amide bonds. The van der Waals surface area contributed by atoms with E-state index in [1.54, 1.807) is 4.68 Å². The van der Waals surface area contributed by atoms with E-state index >= 15 is 0 Å². The first-order valence-electron chi connectivity index (χ1n) is 10.3. The molecule has 3 heterocycles. The van der Waals surface area contributed by atoms with Crippen LogP contribution in [0.15, 0.2) is 18.5 Å². The van der Waals surface area contributed by atoms with E-state index in [-0.39, 0.29) is 18.4 Å². The molecule has 1 aliphatic carbocycles. The van der Waals surface area contributed by atoms with E-state index in [9.17, 15) is 9.90 Å². The summed E-state index contributed by atoms with van der Waals surface area (Å²) in [6.45, 7) is 1.38. The van der Waals surface area contributed by atoms with Gasteiger partial charge >= 0.3 is 0 Å². The molecule has 0 radical (unpaired) electrons. The van der Waals surface area contributed by atoms with E-state index in [1.807, 2.05) is 32.6 Å². The van der Waals surface area contributed by atoms with Crippen molar-refractivity contribution in [3.8, 4) is 5.75 Å². The highest BCUT2D eigenvalue weighted by atomic mass is 16.5. The molecule has 0 unspecified atom stereocenters. The van der Waals surface area contributed by atoms with Crippen molar-refractivity contribution < 1.29 is 14.6 Å². The maximum absolute atomic E-state index is 12.6. The molecule has 8 heteroatoms. The SMILES string of the molecule is CN1CCOc2c(Cc3cnn(C)c3)cc(CC(=O)N[C@H]3CCCC[C@@H]3O)nc21. The molecule has 1 fully saturated rings. The second-order valence-corrected chi connectivity index (χ2v) is 8.10. The molecule has 2 aliphatic rings. The maximum atomic E-state index is 12.6. The van der Waals surface area contributed by atoms with E-state index in [4.69, 9.17) is 9.72 Å². The van der Waals surface area contributed by atoms with Crippen molar-refractivity contribution in [3.63, 3.8) is 0 Å². The van der Waals surface area contributed by atoms with E-state index in [0.717, 1.165) is 54.9 Å². The first kappa shape index (κ1) is 19.7. The lowest BCUT2D eigenvalue weighted by molar-refractivity contribution is -0.122. The summed E-state index contributed by atoms with van der Waals surface area (Å²) < 4.78 is 7.71. The number of amides is 1. The molecule has 0 aromatic carbocycles. The van der Waals surface area contributed by atoms with Crippen LogP contribution in [0, 0.1) is 0 Å². The zero-order valence-corrected chi connectivity index (χ0v) is 17.1. The number of hydrogen-bond acceptors (Lipinski definition) is 6. The van der Waals surface area contributed by atoms with Crippen molar-refractivity contribution in [1.29, 1.82) is 0 Å². The van der Waals surface area contributed by atoms with E-state index in [0.29, 0.717) is 18.7 Å². The Morgan fingerprint density at radius 3 is 2.93 bits per heavy atom. The number of aromatic nitrogens is 3. The largest absolute Gasteiger partial charge is 0.488 e. The van der Waals surface area contributed by atoms with Crippen LogP contribution >= 0.6 is 0 Å². The van der Waals surface area contributed by atoms with Gasteiger partial charge in [-0.15, -0.1) is 0 Å². The Kier molecular flexibility index (Phi) is 5.71. The van der Waals surface area contributed by atoms with Gasteiger partial charge in [0.1, 0.15) is 6.61 Å². The van der Waals surface area contributed by atoms with E-state index in [1.165, 1.54) is 0 Å². The van der Waals surface area contributed by atoms with Crippen molar-refractivity contribution in [3.05, 3.63) is 35.3 Å². The van der Waals surface area contributed by atoms with Crippen LogP contribution < -0.4 is 15.0 Å². The normalized spacial score (nSPS) is 21.4. The lowest BCUT2D eigenvalue weighted by Gasteiger charge is -2.29. The maximum Gasteiger partial charge on any atom is 0.226 e. The Bertz CT molecular complexity index is 881. The summed E-state index contributed by atoms with van der Waals surface area (Å²) in [5, 5.41) is 17.4. The first-order chi connectivity index (χ1) is 14.0. The molecule has 2 N–H and O–H groups in total. The lowest BCUT2D eigenvalue weighted by atomic mass is 9.92. The Labute approximate surface area is 170 Å². The molecule has 8 nitrogen and oxygen atoms in total. The molecule has 2 aromatic heterocycles. The van der Waals surface area contributed by atoms with Crippen molar-refractivity contribution in [2.24, 2.45) is 7.05 Å². The number of ether oxygens (including phenoxy) is 1. The summed E-state index contributed by atoms with van der Waals surface area (Å²) in [4.78, 5) is 19.4. The molecule has 1 aliphatic heterocycles. The van der Waals surface area contributed by atoms with Crippen LogP contribution in [-0.2, 0) is 24.7 Å². The van der Waals surface area contributed by atoms with Crippen molar-refractivity contribution >= 4 is 11.7 Å². The molecule has 29 heavy (non-hydrogen) atoms. The molecule has 0 spiro atoms. The van der Waals surface area contributed by atoms with E-state index < -0.39 is 6.10 Å². The fraction of sp³-hybridized carbons (Fsp3) is 0.571. The predicted molar refractivity (Wildman–Crippen MR) is 109 cm³/mol. The minimum atomic E-state index is -0.454. The molecular formula is C21H29N5O3. The summed E-state index contributed by atoms with van der Waals surface area (Å²) in [7, 11) is 3.88. The molecule has 4 rings (SSSR count). The monoisotopic (exact) mass is 399 g/mol. The molecule has 2 aromatic rings. The van der Waals surface area contributed by atoms with Crippen molar-refractivity contribution in [2.45, 2.75) is 50.7 Å². The highest BCUT2D eigenvalue weighted by molar-refractivity contribution is 5.79. The van der Waals surface area contributed by atoms with Gasteiger partial charge in [0.25, 0.3) is 0 Å². The third-order valence-electron chi connectivity index (χ3n) is 5.69. The molecule has 1 saturated carbocycles. The number of anilines is 1. The van der Waals surface area contributed by atoms with Gasteiger partial charge in [0.2, 0.25) is 5.91 Å². The third-order valence-corrected chi connectivity index (χ3v) is 5.69. The average molecular weight is 399 g/mol. The van der Waals surface area contributed by atoms with Gasteiger partial charge in [0.05, 0.1) is 37.0 Å².